The van der Waals surface area contributed by atoms with E-state index in [1.807, 2.05) is 0 Å². The highest BCUT2D eigenvalue weighted by atomic mass is 32.2. The highest BCUT2D eigenvalue weighted by Crippen LogP contribution is 2.44. The second-order valence-electron chi connectivity index (χ2n) is 5.57. The van der Waals surface area contributed by atoms with Gasteiger partial charge in [0.15, 0.2) is 0 Å². The molecule has 0 amide bonds. The molecule has 1 aromatic carbocycles. The topological polar surface area (TPSA) is 35.2 Å². The van der Waals surface area contributed by atoms with E-state index >= 15 is 0 Å². The normalized spacial score (nSPS) is 18.3. The van der Waals surface area contributed by atoms with Crippen molar-refractivity contribution in [2.45, 2.75) is 49.3 Å². The standard InChI is InChI=1S/C16H25NOS/c1-12-9-14(18-2)13(10-15(12)19-3)16(11-17)7-5-4-6-8-16/h9-10H,4-8,11,17H2,1-3H3. The Morgan fingerprint density at radius 2 is 1.95 bits per heavy atom. The molecule has 1 fully saturated rings. The first-order valence-corrected chi connectivity index (χ1v) is 8.32. The van der Waals surface area contributed by atoms with Crippen LogP contribution in [0.25, 0.3) is 0 Å². The summed E-state index contributed by atoms with van der Waals surface area (Å²) in [6.45, 7) is 2.87. The summed E-state index contributed by atoms with van der Waals surface area (Å²) in [5.74, 6) is 1.02. The fourth-order valence-corrected chi connectivity index (χ4v) is 3.89. The number of hydrogen-bond donors (Lipinski definition) is 1. The summed E-state index contributed by atoms with van der Waals surface area (Å²) >= 11 is 1.81. The van der Waals surface area contributed by atoms with Crippen molar-refractivity contribution in [2.75, 3.05) is 19.9 Å². The molecule has 0 aliphatic heterocycles. The van der Waals surface area contributed by atoms with Crippen LogP contribution in [-0.2, 0) is 5.41 Å². The highest BCUT2D eigenvalue weighted by Gasteiger charge is 2.35. The zero-order chi connectivity index (χ0) is 13.9. The number of rotatable bonds is 4. The van der Waals surface area contributed by atoms with E-state index in [1.165, 1.54) is 48.1 Å². The molecule has 0 spiro atoms. The van der Waals surface area contributed by atoms with Crippen LogP contribution in [0.4, 0.5) is 0 Å². The first-order chi connectivity index (χ1) is 9.16. The summed E-state index contributed by atoms with van der Waals surface area (Å²) in [7, 11) is 1.77. The number of hydrogen-bond acceptors (Lipinski definition) is 3. The molecule has 0 bridgehead atoms. The lowest BCUT2D eigenvalue weighted by atomic mass is 9.69. The van der Waals surface area contributed by atoms with Crippen LogP contribution in [0.5, 0.6) is 5.75 Å². The molecule has 2 N–H and O–H groups in total. The second-order valence-corrected chi connectivity index (χ2v) is 6.42. The van der Waals surface area contributed by atoms with Gasteiger partial charge in [0.25, 0.3) is 0 Å². The minimum Gasteiger partial charge on any atom is -0.496 e. The van der Waals surface area contributed by atoms with E-state index < -0.39 is 0 Å². The molecule has 0 unspecified atom stereocenters. The van der Waals surface area contributed by atoms with Crippen molar-refractivity contribution in [3.63, 3.8) is 0 Å². The molecule has 0 saturated heterocycles. The minimum atomic E-state index is 0.127. The fraction of sp³-hybridized carbons (Fsp3) is 0.625. The van der Waals surface area contributed by atoms with Gasteiger partial charge in [0, 0.05) is 22.4 Å². The van der Waals surface area contributed by atoms with Crippen LogP contribution in [0.15, 0.2) is 17.0 Å². The minimum absolute atomic E-state index is 0.127. The molecule has 19 heavy (non-hydrogen) atoms. The second kappa shape index (κ2) is 6.19. The van der Waals surface area contributed by atoms with Gasteiger partial charge in [-0.1, -0.05) is 19.3 Å². The molecule has 106 valence electrons. The summed E-state index contributed by atoms with van der Waals surface area (Å²) in [6, 6.07) is 4.49. The van der Waals surface area contributed by atoms with Gasteiger partial charge in [0.05, 0.1) is 7.11 Å². The first-order valence-electron chi connectivity index (χ1n) is 7.10. The van der Waals surface area contributed by atoms with Crippen LogP contribution < -0.4 is 10.5 Å². The number of nitrogens with two attached hydrogens (primary N) is 1. The van der Waals surface area contributed by atoms with Crippen LogP contribution in [0.3, 0.4) is 0 Å². The van der Waals surface area contributed by atoms with Crippen LogP contribution in [-0.4, -0.2) is 19.9 Å². The van der Waals surface area contributed by atoms with Crippen LogP contribution in [0, 0.1) is 6.92 Å². The molecular weight excluding hydrogens is 254 g/mol. The molecule has 2 rings (SSSR count). The third kappa shape index (κ3) is 2.77. The molecule has 1 aromatic rings. The van der Waals surface area contributed by atoms with E-state index in [-0.39, 0.29) is 5.41 Å². The Balaban J connectivity index is 2.51. The van der Waals surface area contributed by atoms with Crippen molar-refractivity contribution in [3.8, 4) is 5.75 Å². The summed E-state index contributed by atoms with van der Waals surface area (Å²) in [4.78, 5) is 1.34. The van der Waals surface area contributed by atoms with Crippen LogP contribution in [0.2, 0.25) is 0 Å². The van der Waals surface area contributed by atoms with Gasteiger partial charge in [0.1, 0.15) is 5.75 Å². The maximum absolute atomic E-state index is 6.16. The molecular formula is C16H25NOS. The van der Waals surface area contributed by atoms with Crippen LogP contribution >= 0.6 is 11.8 Å². The van der Waals surface area contributed by atoms with Gasteiger partial charge in [0.2, 0.25) is 0 Å². The quantitative estimate of drug-likeness (QED) is 0.849. The SMILES string of the molecule is COc1cc(C)c(SC)cc1C1(CN)CCCCC1. The molecule has 1 aliphatic carbocycles. The number of aryl methyl sites for hydroxylation is 1. The third-order valence-electron chi connectivity index (χ3n) is 4.49. The smallest absolute Gasteiger partial charge is 0.123 e. The monoisotopic (exact) mass is 279 g/mol. The van der Waals surface area contributed by atoms with E-state index in [4.69, 9.17) is 10.5 Å². The Morgan fingerprint density at radius 3 is 2.47 bits per heavy atom. The molecule has 1 saturated carbocycles. The van der Waals surface area contributed by atoms with Gasteiger partial charge in [-0.2, -0.15) is 0 Å². The number of methoxy groups -OCH3 is 1. The third-order valence-corrected chi connectivity index (χ3v) is 5.37. The zero-order valence-electron chi connectivity index (χ0n) is 12.3. The van der Waals surface area contributed by atoms with Gasteiger partial charge in [-0.15, -0.1) is 11.8 Å². The van der Waals surface area contributed by atoms with Gasteiger partial charge < -0.3 is 10.5 Å². The molecule has 0 radical (unpaired) electrons. The summed E-state index contributed by atoms with van der Waals surface area (Å²) in [5.41, 5.74) is 8.90. The van der Waals surface area contributed by atoms with Gasteiger partial charge in [-0.3, -0.25) is 0 Å². The van der Waals surface area contributed by atoms with E-state index in [9.17, 15) is 0 Å². The summed E-state index contributed by atoms with van der Waals surface area (Å²) in [5, 5.41) is 0. The Hall–Kier alpha value is -0.670. The largest absolute Gasteiger partial charge is 0.496 e. The number of ether oxygens (including phenoxy) is 1. The van der Waals surface area contributed by atoms with Crippen molar-refractivity contribution in [3.05, 3.63) is 23.3 Å². The molecule has 1 aliphatic rings. The summed E-state index contributed by atoms with van der Waals surface area (Å²) < 4.78 is 5.64. The maximum atomic E-state index is 6.16. The lowest BCUT2D eigenvalue weighted by Gasteiger charge is -2.38. The fourth-order valence-electron chi connectivity index (χ4n) is 3.28. The molecule has 3 heteroatoms. The average Bonchev–Trinajstić information content (AvgIpc) is 2.47. The van der Waals surface area contributed by atoms with Gasteiger partial charge in [-0.05, 0) is 43.7 Å². The molecule has 0 aromatic heterocycles. The van der Waals surface area contributed by atoms with Crippen molar-refractivity contribution in [1.82, 2.24) is 0 Å². The Kier molecular flexibility index (Phi) is 4.80. The Bertz CT molecular complexity index is 439. The van der Waals surface area contributed by atoms with E-state index in [2.05, 4.69) is 25.3 Å². The van der Waals surface area contributed by atoms with Crippen molar-refractivity contribution >= 4 is 11.8 Å². The van der Waals surface area contributed by atoms with E-state index in [0.717, 1.165) is 12.3 Å². The molecule has 2 nitrogen and oxygen atoms in total. The van der Waals surface area contributed by atoms with Crippen molar-refractivity contribution < 1.29 is 4.74 Å². The number of thioether (sulfide) groups is 1. The predicted octanol–water partition coefficient (Wildman–Crippen LogP) is 3.89. The molecule has 0 heterocycles. The molecule has 0 atom stereocenters. The zero-order valence-corrected chi connectivity index (χ0v) is 13.1. The first kappa shape index (κ1) is 14.7. The van der Waals surface area contributed by atoms with Crippen molar-refractivity contribution in [1.29, 1.82) is 0 Å². The van der Waals surface area contributed by atoms with E-state index in [1.54, 1.807) is 18.9 Å². The average molecular weight is 279 g/mol. The summed E-state index contributed by atoms with van der Waals surface area (Å²) in [6.07, 6.45) is 8.42. The Morgan fingerprint density at radius 1 is 1.26 bits per heavy atom. The lowest BCUT2D eigenvalue weighted by Crippen LogP contribution is -2.37. The van der Waals surface area contributed by atoms with Crippen LogP contribution in [0.1, 0.15) is 43.2 Å². The number of benzene rings is 1. The maximum Gasteiger partial charge on any atom is 0.123 e. The van der Waals surface area contributed by atoms with Gasteiger partial charge >= 0.3 is 0 Å². The predicted molar refractivity (Wildman–Crippen MR) is 83.3 cm³/mol. The van der Waals surface area contributed by atoms with E-state index in [0.29, 0.717) is 0 Å². The lowest BCUT2D eigenvalue weighted by molar-refractivity contribution is 0.287. The highest BCUT2D eigenvalue weighted by molar-refractivity contribution is 7.98. The van der Waals surface area contributed by atoms with Crippen molar-refractivity contribution in [2.24, 2.45) is 5.73 Å². The van der Waals surface area contributed by atoms with Gasteiger partial charge in [-0.25, -0.2) is 0 Å². The Labute approximate surface area is 121 Å².